The number of amides is 1. The maximum atomic E-state index is 13.3. The van der Waals surface area contributed by atoms with Crippen molar-refractivity contribution in [2.24, 2.45) is 5.92 Å². The van der Waals surface area contributed by atoms with Crippen molar-refractivity contribution in [3.8, 4) is 0 Å². The van der Waals surface area contributed by atoms with Crippen molar-refractivity contribution < 1.29 is 24.2 Å². The summed E-state index contributed by atoms with van der Waals surface area (Å²) in [7, 11) is 0. The summed E-state index contributed by atoms with van der Waals surface area (Å²) >= 11 is 6.05. The minimum atomic E-state index is -0.949. The van der Waals surface area contributed by atoms with Crippen molar-refractivity contribution >= 4 is 29.2 Å². The molecule has 1 amide bonds. The summed E-state index contributed by atoms with van der Waals surface area (Å²) in [5.41, 5.74) is 1.70. The molecule has 8 heteroatoms. The Morgan fingerprint density at radius 1 is 1.06 bits per heavy atom. The molecule has 0 saturated heterocycles. The van der Waals surface area contributed by atoms with Gasteiger partial charge in [0, 0.05) is 29.7 Å². The van der Waals surface area contributed by atoms with Crippen LogP contribution in [0, 0.1) is 11.7 Å². The number of halogens is 2. The third-order valence-corrected chi connectivity index (χ3v) is 6.35. The fourth-order valence-electron chi connectivity index (χ4n) is 4.24. The third kappa shape index (κ3) is 7.72. The number of nitrogens with zero attached hydrogens (tertiary/aromatic N) is 1. The van der Waals surface area contributed by atoms with E-state index < -0.39 is 12.1 Å². The Balaban J connectivity index is 1.63. The van der Waals surface area contributed by atoms with E-state index in [1.165, 1.54) is 12.1 Å². The van der Waals surface area contributed by atoms with E-state index in [1.54, 1.807) is 23.1 Å². The molecule has 0 aliphatic heterocycles. The van der Waals surface area contributed by atoms with Gasteiger partial charge in [-0.25, -0.2) is 4.39 Å². The number of hydrogen-bond donors (Lipinski definition) is 3. The SMILES string of the molecule is O=C(O)CCN(CCc1cccc(Cl)c1)C(=O)[C@@H]1CC[C@H](Nc2ccc(F)cc2)[C@@H](O)CC1. The minimum absolute atomic E-state index is 0.0760. The number of benzene rings is 2. The van der Waals surface area contributed by atoms with Crippen LogP contribution in [0.5, 0.6) is 0 Å². The van der Waals surface area contributed by atoms with E-state index in [0.29, 0.717) is 43.7 Å². The lowest BCUT2D eigenvalue weighted by Crippen LogP contribution is -2.39. The molecule has 0 bridgehead atoms. The molecule has 0 heterocycles. The Labute approximate surface area is 198 Å². The summed E-state index contributed by atoms with van der Waals surface area (Å²) in [4.78, 5) is 26.1. The Hall–Kier alpha value is -2.64. The monoisotopic (exact) mass is 476 g/mol. The normalized spacial score (nSPS) is 20.6. The number of nitrogens with one attached hydrogen (secondary N) is 1. The molecule has 1 fully saturated rings. The van der Waals surface area contributed by atoms with Crippen LogP contribution in [0.15, 0.2) is 48.5 Å². The van der Waals surface area contributed by atoms with Crippen LogP contribution in [0.2, 0.25) is 5.02 Å². The van der Waals surface area contributed by atoms with E-state index in [4.69, 9.17) is 16.7 Å². The Morgan fingerprint density at radius 2 is 1.79 bits per heavy atom. The lowest BCUT2D eigenvalue weighted by Gasteiger charge is -2.27. The quantitative estimate of drug-likeness (QED) is 0.468. The third-order valence-electron chi connectivity index (χ3n) is 6.11. The van der Waals surface area contributed by atoms with E-state index >= 15 is 0 Å². The van der Waals surface area contributed by atoms with Gasteiger partial charge in [0.25, 0.3) is 0 Å². The first-order valence-corrected chi connectivity index (χ1v) is 11.6. The largest absolute Gasteiger partial charge is 0.481 e. The van der Waals surface area contributed by atoms with E-state index in [2.05, 4.69) is 5.32 Å². The highest BCUT2D eigenvalue weighted by Crippen LogP contribution is 2.28. The lowest BCUT2D eigenvalue weighted by molar-refractivity contribution is -0.140. The van der Waals surface area contributed by atoms with Crippen LogP contribution >= 0.6 is 11.6 Å². The first kappa shape index (κ1) is 25.0. The Bertz CT molecular complexity index is 940. The number of carbonyl (C=O) groups excluding carboxylic acids is 1. The average Bonchev–Trinajstić information content (AvgIpc) is 2.96. The molecule has 3 N–H and O–H groups in total. The summed E-state index contributed by atoms with van der Waals surface area (Å²) < 4.78 is 13.2. The van der Waals surface area contributed by atoms with Gasteiger partial charge in [-0.1, -0.05) is 23.7 Å². The first-order valence-electron chi connectivity index (χ1n) is 11.3. The molecule has 0 aromatic heterocycles. The molecule has 1 aliphatic rings. The molecule has 3 rings (SSSR count). The van der Waals surface area contributed by atoms with Crippen LogP contribution in [0.25, 0.3) is 0 Å². The van der Waals surface area contributed by atoms with Crippen LogP contribution < -0.4 is 5.32 Å². The fourth-order valence-corrected chi connectivity index (χ4v) is 4.46. The van der Waals surface area contributed by atoms with Gasteiger partial charge in [-0.15, -0.1) is 0 Å². The number of carboxylic acid groups (broad SMARTS) is 1. The second-order valence-electron chi connectivity index (χ2n) is 8.53. The number of aliphatic carboxylic acids is 1. The molecule has 1 saturated carbocycles. The second-order valence-corrected chi connectivity index (χ2v) is 8.96. The fraction of sp³-hybridized carbons (Fsp3) is 0.440. The molecule has 2 aromatic rings. The molecule has 3 atom stereocenters. The molecule has 1 aliphatic carbocycles. The molecule has 0 radical (unpaired) electrons. The standard InChI is InChI=1S/C25H30ClFN2O4/c26-19-3-1-2-17(16-19)12-14-29(15-13-24(31)32)25(33)18-4-10-22(23(30)11-5-18)28-21-8-6-20(27)7-9-21/h1-3,6-9,16,18,22-23,28,30H,4-5,10-15H2,(H,31,32)/t18-,22+,23+/m1/s1. The molecule has 178 valence electrons. The predicted octanol–water partition coefficient (Wildman–Crippen LogP) is 4.36. The molecular formula is C25H30ClFN2O4. The van der Waals surface area contributed by atoms with Crippen LogP contribution in [0.1, 0.15) is 37.7 Å². The predicted molar refractivity (Wildman–Crippen MR) is 126 cm³/mol. The zero-order valence-corrected chi connectivity index (χ0v) is 19.2. The Kier molecular flexibility index (Phi) is 9.09. The molecule has 0 unspecified atom stereocenters. The van der Waals surface area contributed by atoms with Crippen LogP contribution in [-0.4, -0.2) is 52.2 Å². The van der Waals surface area contributed by atoms with Crippen molar-refractivity contribution in [3.05, 3.63) is 64.9 Å². The number of hydrogen-bond acceptors (Lipinski definition) is 4. The van der Waals surface area contributed by atoms with Gasteiger partial charge in [-0.05, 0) is 74.1 Å². The van der Waals surface area contributed by atoms with Gasteiger partial charge in [0.2, 0.25) is 5.91 Å². The van der Waals surface area contributed by atoms with Gasteiger partial charge in [0.05, 0.1) is 18.6 Å². The van der Waals surface area contributed by atoms with Gasteiger partial charge in [-0.3, -0.25) is 9.59 Å². The molecule has 33 heavy (non-hydrogen) atoms. The maximum absolute atomic E-state index is 13.3. The van der Waals surface area contributed by atoms with Gasteiger partial charge in [0.1, 0.15) is 5.82 Å². The van der Waals surface area contributed by atoms with Gasteiger partial charge in [-0.2, -0.15) is 0 Å². The van der Waals surface area contributed by atoms with Gasteiger partial charge >= 0.3 is 5.97 Å². The Morgan fingerprint density at radius 3 is 2.48 bits per heavy atom. The summed E-state index contributed by atoms with van der Waals surface area (Å²) in [6.07, 6.45) is 1.97. The first-order chi connectivity index (χ1) is 15.8. The molecule has 2 aromatic carbocycles. The van der Waals surface area contributed by atoms with E-state index in [0.717, 1.165) is 11.3 Å². The maximum Gasteiger partial charge on any atom is 0.305 e. The number of aliphatic hydroxyl groups excluding tert-OH is 1. The van der Waals surface area contributed by atoms with Crippen molar-refractivity contribution in [1.29, 1.82) is 0 Å². The second kappa shape index (κ2) is 12.0. The van der Waals surface area contributed by atoms with Crippen molar-refractivity contribution in [2.45, 2.75) is 50.7 Å². The number of aliphatic hydroxyl groups is 1. The van der Waals surface area contributed by atoms with Crippen molar-refractivity contribution in [3.63, 3.8) is 0 Å². The highest BCUT2D eigenvalue weighted by molar-refractivity contribution is 6.30. The summed E-state index contributed by atoms with van der Waals surface area (Å²) in [5, 5.41) is 23.6. The molecular weight excluding hydrogens is 447 g/mol. The van der Waals surface area contributed by atoms with Crippen LogP contribution in [0.3, 0.4) is 0 Å². The highest BCUT2D eigenvalue weighted by atomic mass is 35.5. The highest BCUT2D eigenvalue weighted by Gasteiger charge is 2.31. The number of rotatable bonds is 9. The minimum Gasteiger partial charge on any atom is -0.481 e. The molecule has 0 spiro atoms. The lowest BCUT2D eigenvalue weighted by atomic mass is 9.98. The van der Waals surface area contributed by atoms with Gasteiger partial charge in [0.15, 0.2) is 0 Å². The van der Waals surface area contributed by atoms with E-state index in [-0.39, 0.29) is 36.6 Å². The average molecular weight is 477 g/mol. The van der Waals surface area contributed by atoms with Crippen LogP contribution in [-0.2, 0) is 16.0 Å². The topological polar surface area (TPSA) is 89.9 Å². The summed E-state index contributed by atoms with van der Waals surface area (Å²) in [6, 6.07) is 13.1. The van der Waals surface area contributed by atoms with Gasteiger partial charge < -0.3 is 20.4 Å². The summed E-state index contributed by atoms with van der Waals surface area (Å²) in [5.74, 6) is -1.64. The number of carbonyl (C=O) groups is 2. The van der Waals surface area contributed by atoms with E-state index in [9.17, 15) is 19.1 Å². The summed E-state index contributed by atoms with van der Waals surface area (Å²) in [6.45, 7) is 0.549. The van der Waals surface area contributed by atoms with E-state index in [1.807, 2.05) is 18.2 Å². The van der Waals surface area contributed by atoms with Crippen molar-refractivity contribution in [1.82, 2.24) is 4.90 Å². The van der Waals surface area contributed by atoms with Crippen LogP contribution in [0.4, 0.5) is 10.1 Å². The zero-order valence-electron chi connectivity index (χ0n) is 18.4. The van der Waals surface area contributed by atoms with Crippen molar-refractivity contribution in [2.75, 3.05) is 18.4 Å². The smallest absolute Gasteiger partial charge is 0.305 e. The number of carboxylic acids is 1. The molecule has 6 nitrogen and oxygen atoms in total. The number of anilines is 1. The zero-order chi connectivity index (χ0) is 23.8.